The lowest BCUT2D eigenvalue weighted by Crippen LogP contribution is -1.95. The van der Waals surface area contributed by atoms with Gasteiger partial charge in [-0.1, -0.05) is 12.1 Å². The predicted molar refractivity (Wildman–Crippen MR) is 63.4 cm³/mol. The number of nitro benzene ring substituents is 1. The molecule has 2 aromatic rings. The van der Waals surface area contributed by atoms with Gasteiger partial charge in [0.15, 0.2) is 0 Å². The Kier molecular flexibility index (Phi) is 2.72. The lowest BCUT2D eigenvalue weighted by Gasteiger charge is -2.02. The summed E-state index contributed by atoms with van der Waals surface area (Å²) in [4.78, 5) is 10.5. The van der Waals surface area contributed by atoms with Crippen LogP contribution in [-0.2, 0) is 6.54 Å². The van der Waals surface area contributed by atoms with Crippen molar-refractivity contribution in [3.63, 3.8) is 0 Å². The number of aryl methyl sites for hydroxylation is 1. The number of aromatic nitrogens is 1. The zero-order chi connectivity index (χ0) is 11.5. The molecule has 0 unspecified atom stereocenters. The van der Waals surface area contributed by atoms with Crippen LogP contribution in [0.5, 0.6) is 0 Å². The van der Waals surface area contributed by atoms with Gasteiger partial charge in [0, 0.05) is 18.8 Å². The molecule has 4 heteroatoms. The zero-order valence-electron chi connectivity index (χ0n) is 8.80. The molecule has 1 aromatic heterocycles. The number of hydrogen-bond donors (Lipinski definition) is 0. The molecule has 82 valence electrons. The van der Waals surface area contributed by atoms with E-state index in [2.05, 4.69) is 6.58 Å². The first-order valence-electron chi connectivity index (χ1n) is 5.07. The van der Waals surface area contributed by atoms with Crippen molar-refractivity contribution in [3.8, 4) is 0 Å². The maximum absolute atomic E-state index is 10.8. The van der Waals surface area contributed by atoms with Crippen LogP contribution in [0.3, 0.4) is 0 Å². The lowest BCUT2D eigenvalue weighted by molar-refractivity contribution is -0.383. The maximum atomic E-state index is 10.8. The summed E-state index contributed by atoms with van der Waals surface area (Å²) in [6.07, 6.45) is 4.57. The summed E-state index contributed by atoms with van der Waals surface area (Å²) in [6.45, 7) is 4.46. The number of benzene rings is 1. The highest BCUT2D eigenvalue weighted by molar-refractivity contribution is 5.89. The molecule has 0 saturated carbocycles. The third-order valence-electron chi connectivity index (χ3n) is 2.56. The van der Waals surface area contributed by atoms with Crippen LogP contribution >= 0.6 is 0 Å². The van der Waals surface area contributed by atoms with Crippen molar-refractivity contribution in [2.24, 2.45) is 0 Å². The standard InChI is InChI=1S/C12H12N2O2/c1-2-3-8-13-9-7-10-11(13)5-4-6-12(10)14(15)16/h2,4-7,9H,1,3,8H2. The molecule has 4 nitrogen and oxygen atoms in total. The molecule has 0 amide bonds. The van der Waals surface area contributed by atoms with Crippen LogP contribution in [0.1, 0.15) is 6.42 Å². The Hall–Kier alpha value is -2.10. The monoisotopic (exact) mass is 216 g/mol. The van der Waals surface area contributed by atoms with Gasteiger partial charge in [0.2, 0.25) is 0 Å². The van der Waals surface area contributed by atoms with Crippen molar-refractivity contribution in [3.05, 3.63) is 53.2 Å². The van der Waals surface area contributed by atoms with Crippen LogP contribution in [0, 0.1) is 10.1 Å². The summed E-state index contributed by atoms with van der Waals surface area (Å²) in [7, 11) is 0. The minimum Gasteiger partial charge on any atom is -0.347 e. The van der Waals surface area contributed by atoms with Gasteiger partial charge in [0.05, 0.1) is 15.8 Å². The third-order valence-corrected chi connectivity index (χ3v) is 2.56. The number of nitro groups is 1. The zero-order valence-corrected chi connectivity index (χ0v) is 8.80. The first-order chi connectivity index (χ1) is 7.74. The van der Waals surface area contributed by atoms with Crippen molar-refractivity contribution in [2.45, 2.75) is 13.0 Å². The number of fused-ring (bicyclic) bond motifs is 1. The molecule has 16 heavy (non-hydrogen) atoms. The Morgan fingerprint density at radius 1 is 1.44 bits per heavy atom. The SMILES string of the molecule is C=CCCn1ccc2c([N+](=O)[O-])cccc21. The van der Waals surface area contributed by atoms with Crippen molar-refractivity contribution in [1.29, 1.82) is 0 Å². The number of allylic oxidation sites excluding steroid dienone is 1. The molecule has 0 aliphatic heterocycles. The highest BCUT2D eigenvalue weighted by atomic mass is 16.6. The molecular formula is C12H12N2O2. The van der Waals surface area contributed by atoms with E-state index in [9.17, 15) is 10.1 Å². The molecule has 0 atom stereocenters. The summed E-state index contributed by atoms with van der Waals surface area (Å²) in [5, 5.41) is 11.5. The normalized spacial score (nSPS) is 10.5. The van der Waals surface area contributed by atoms with Crippen LogP contribution in [0.25, 0.3) is 10.9 Å². The maximum Gasteiger partial charge on any atom is 0.278 e. The van der Waals surface area contributed by atoms with Gasteiger partial charge in [-0.15, -0.1) is 6.58 Å². The van der Waals surface area contributed by atoms with Gasteiger partial charge in [-0.25, -0.2) is 0 Å². The molecular weight excluding hydrogens is 204 g/mol. The van der Waals surface area contributed by atoms with Crippen LogP contribution < -0.4 is 0 Å². The van der Waals surface area contributed by atoms with Crippen LogP contribution in [-0.4, -0.2) is 9.49 Å². The average Bonchev–Trinajstić information content (AvgIpc) is 2.69. The van der Waals surface area contributed by atoms with E-state index in [0.717, 1.165) is 18.5 Å². The number of nitrogens with zero attached hydrogens (tertiary/aromatic N) is 2. The van der Waals surface area contributed by atoms with Gasteiger partial charge in [0.1, 0.15) is 0 Å². The fourth-order valence-electron chi connectivity index (χ4n) is 1.79. The Morgan fingerprint density at radius 2 is 2.25 bits per heavy atom. The minimum atomic E-state index is -0.347. The predicted octanol–water partition coefficient (Wildman–Crippen LogP) is 3.13. The van der Waals surface area contributed by atoms with Gasteiger partial charge < -0.3 is 4.57 Å². The smallest absolute Gasteiger partial charge is 0.278 e. The quantitative estimate of drug-likeness (QED) is 0.448. The molecule has 2 rings (SSSR count). The second-order valence-electron chi connectivity index (χ2n) is 3.55. The summed E-state index contributed by atoms with van der Waals surface area (Å²) in [5.74, 6) is 0. The van der Waals surface area contributed by atoms with E-state index in [1.807, 2.05) is 22.9 Å². The van der Waals surface area contributed by atoms with Crippen molar-refractivity contribution in [1.82, 2.24) is 4.57 Å². The Labute approximate surface area is 93.0 Å². The third kappa shape index (κ3) is 1.69. The van der Waals surface area contributed by atoms with Crippen molar-refractivity contribution < 1.29 is 4.92 Å². The largest absolute Gasteiger partial charge is 0.347 e. The Bertz CT molecular complexity index is 543. The molecule has 1 heterocycles. The summed E-state index contributed by atoms with van der Waals surface area (Å²) in [5.41, 5.74) is 1.06. The van der Waals surface area contributed by atoms with Crippen molar-refractivity contribution in [2.75, 3.05) is 0 Å². The minimum absolute atomic E-state index is 0.162. The Morgan fingerprint density at radius 3 is 2.94 bits per heavy atom. The number of hydrogen-bond acceptors (Lipinski definition) is 2. The van der Waals surface area contributed by atoms with Gasteiger partial charge in [0.25, 0.3) is 5.69 Å². The number of rotatable bonds is 4. The molecule has 1 aromatic carbocycles. The molecule has 0 aliphatic rings. The topological polar surface area (TPSA) is 48.1 Å². The molecule has 0 aliphatic carbocycles. The molecule has 0 N–H and O–H groups in total. The number of non-ortho nitro benzene ring substituents is 1. The molecule has 0 saturated heterocycles. The van der Waals surface area contributed by atoms with Crippen molar-refractivity contribution >= 4 is 16.6 Å². The molecule has 0 radical (unpaired) electrons. The van der Waals surface area contributed by atoms with Gasteiger partial charge in [-0.05, 0) is 18.6 Å². The average molecular weight is 216 g/mol. The molecule has 0 spiro atoms. The summed E-state index contributed by atoms with van der Waals surface area (Å²) in [6, 6.07) is 6.92. The second-order valence-corrected chi connectivity index (χ2v) is 3.55. The fourth-order valence-corrected chi connectivity index (χ4v) is 1.79. The summed E-state index contributed by atoms with van der Waals surface area (Å²) >= 11 is 0. The fraction of sp³-hybridized carbons (Fsp3) is 0.167. The first-order valence-corrected chi connectivity index (χ1v) is 5.07. The van der Waals surface area contributed by atoms with Crippen LogP contribution in [0.2, 0.25) is 0 Å². The lowest BCUT2D eigenvalue weighted by atomic mass is 10.2. The van der Waals surface area contributed by atoms with E-state index >= 15 is 0 Å². The van der Waals surface area contributed by atoms with E-state index < -0.39 is 0 Å². The first kappa shape index (κ1) is 10.4. The van der Waals surface area contributed by atoms with Gasteiger partial charge in [-0.3, -0.25) is 10.1 Å². The highest BCUT2D eigenvalue weighted by Gasteiger charge is 2.12. The van der Waals surface area contributed by atoms with E-state index in [-0.39, 0.29) is 10.6 Å². The Balaban J connectivity index is 2.52. The van der Waals surface area contributed by atoms with E-state index in [1.54, 1.807) is 12.1 Å². The van der Waals surface area contributed by atoms with Crippen LogP contribution in [0.4, 0.5) is 5.69 Å². The van der Waals surface area contributed by atoms with Gasteiger partial charge >= 0.3 is 0 Å². The summed E-state index contributed by atoms with van der Waals surface area (Å²) < 4.78 is 2.00. The van der Waals surface area contributed by atoms with E-state index in [1.165, 1.54) is 6.07 Å². The highest BCUT2D eigenvalue weighted by Crippen LogP contribution is 2.26. The molecule has 0 bridgehead atoms. The van der Waals surface area contributed by atoms with Crippen LogP contribution in [0.15, 0.2) is 43.1 Å². The van der Waals surface area contributed by atoms with E-state index in [0.29, 0.717) is 5.39 Å². The second kappa shape index (κ2) is 4.18. The molecule has 0 fully saturated rings. The van der Waals surface area contributed by atoms with Gasteiger partial charge in [-0.2, -0.15) is 0 Å². The van der Waals surface area contributed by atoms with E-state index in [4.69, 9.17) is 0 Å².